The molecular weight excluding hydrogens is 264 g/mol. The monoisotopic (exact) mass is 276 g/mol. The highest BCUT2D eigenvalue weighted by atomic mass is 79.9. The van der Waals surface area contributed by atoms with E-state index in [1.807, 2.05) is 24.3 Å². The third-order valence-corrected chi connectivity index (χ3v) is 3.65. The van der Waals surface area contributed by atoms with Gasteiger partial charge in [0.05, 0.1) is 12.7 Å². The van der Waals surface area contributed by atoms with Crippen LogP contribution in [0.2, 0.25) is 0 Å². The zero-order valence-electron chi connectivity index (χ0n) is 7.69. The van der Waals surface area contributed by atoms with Gasteiger partial charge in [0.1, 0.15) is 0 Å². The molecular formula is C10H13BrO2S. The second-order valence-electron chi connectivity index (χ2n) is 2.94. The van der Waals surface area contributed by atoms with Crippen molar-refractivity contribution in [1.82, 2.24) is 0 Å². The molecule has 4 heteroatoms. The standard InChI is InChI=1S/C10H13BrO2S/c11-10-4-2-1-3-8(10)6-14-7-9(13)5-12/h1-4,9,12-13H,5-7H2. The zero-order chi connectivity index (χ0) is 10.4. The Kier molecular flexibility index (Phi) is 5.55. The van der Waals surface area contributed by atoms with E-state index in [-0.39, 0.29) is 6.61 Å². The van der Waals surface area contributed by atoms with Gasteiger partial charge >= 0.3 is 0 Å². The van der Waals surface area contributed by atoms with Crippen molar-refractivity contribution in [2.45, 2.75) is 11.9 Å². The maximum atomic E-state index is 9.12. The summed E-state index contributed by atoms with van der Waals surface area (Å²) in [6, 6.07) is 8.00. The van der Waals surface area contributed by atoms with Crippen molar-refractivity contribution >= 4 is 27.7 Å². The predicted octanol–water partition coefficient (Wildman–Crippen LogP) is 2.04. The minimum atomic E-state index is -0.609. The Morgan fingerprint density at radius 3 is 2.71 bits per heavy atom. The van der Waals surface area contributed by atoms with Gasteiger partial charge in [-0.2, -0.15) is 11.8 Å². The summed E-state index contributed by atoms with van der Waals surface area (Å²) in [5.74, 6) is 1.41. The Morgan fingerprint density at radius 1 is 1.36 bits per heavy atom. The maximum Gasteiger partial charge on any atom is 0.0861 e. The molecule has 0 heterocycles. The Bertz CT molecular complexity index is 281. The van der Waals surface area contributed by atoms with Gasteiger partial charge in [-0.3, -0.25) is 0 Å². The summed E-state index contributed by atoms with van der Waals surface area (Å²) in [5.41, 5.74) is 1.21. The van der Waals surface area contributed by atoms with Gasteiger partial charge in [-0.25, -0.2) is 0 Å². The fourth-order valence-corrected chi connectivity index (χ4v) is 2.55. The van der Waals surface area contributed by atoms with Gasteiger partial charge in [-0.15, -0.1) is 0 Å². The van der Waals surface area contributed by atoms with E-state index in [0.717, 1.165) is 10.2 Å². The lowest BCUT2D eigenvalue weighted by molar-refractivity contribution is 0.113. The van der Waals surface area contributed by atoms with E-state index >= 15 is 0 Å². The van der Waals surface area contributed by atoms with Crippen molar-refractivity contribution in [3.63, 3.8) is 0 Å². The van der Waals surface area contributed by atoms with E-state index < -0.39 is 6.10 Å². The Hall–Kier alpha value is -0.0300. The maximum absolute atomic E-state index is 9.12. The number of hydrogen-bond acceptors (Lipinski definition) is 3. The first kappa shape index (κ1) is 12.0. The molecule has 0 aliphatic heterocycles. The number of rotatable bonds is 5. The number of aliphatic hydroxyl groups is 2. The molecule has 0 aliphatic carbocycles. The summed E-state index contributed by atoms with van der Waals surface area (Å²) >= 11 is 5.07. The third-order valence-electron chi connectivity index (χ3n) is 1.74. The fourth-order valence-electron chi connectivity index (χ4n) is 0.973. The SMILES string of the molecule is OCC(O)CSCc1ccccc1Br. The average Bonchev–Trinajstić information content (AvgIpc) is 2.20. The highest BCUT2D eigenvalue weighted by Gasteiger charge is 2.03. The van der Waals surface area contributed by atoms with E-state index in [1.54, 1.807) is 11.8 Å². The molecule has 1 aromatic rings. The van der Waals surface area contributed by atoms with Crippen molar-refractivity contribution < 1.29 is 10.2 Å². The topological polar surface area (TPSA) is 40.5 Å². The van der Waals surface area contributed by atoms with Crippen LogP contribution in [-0.2, 0) is 5.75 Å². The molecule has 0 spiro atoms. The van der Waals surface area contributed by atoms with Crippen LogP contribution in [0.1, 0.15) is 5.56 Å². The first-order chi connectivity index (χ1) is 6.74. The van der Waals surface area contributed by atoms with E-state index in [1.165, 1.54) is 5.56 Å². The van der Waals surface area contributed by atoms with Crippen molar-refractivity contribution in [1.29, 1.82) is 0 Å². The molecule has 0 radical (unpaired) electrons. The van der Waals surface area contributed by atoms with E-state index in [0.29, 0.717) is 5.75 Å². The smallest absolute Gasteiger partial charge is 0.0861 e. The Labute approximate surface area is 96.5 Å². The van der Waals surface area contributed by atoms with Gasteiger partial charge in [0.2, 0.25) is 0 Å². The van der Waals surface area contributed by atoms with Gasteiger partial charge in [0, 0.05) is 16.0 Å². The quantitative estimate of drug-likeness (QED) is 0.865. The molecule has 78 valence electrons. The van der Waals surface area contributed by atoms with Crippen LogP contribution in [0.5, 0.6) is 0 Å². The fraction of sp³-hybridized carbons (Fsp3) is 0.400. The first-order valence-electron chi connectivity index (χ1n) is 4.34. The highest BCUT2D eigenvalue weighted by molar-refractivity contribution is 9.10. The Morgan fingerprint density at radius 2 is 2.07 bits per heavy atom. The molecule has 1 rings (SSSR count). The van der Waals surface area contributed by atoms with Crippen LogP contribution < -0.4 is 0 Å². The van der Waals surface area contributed by atoms with Crippen LogP contribution >= 0.6 is 27.7 Å². The summed E-state index contributed by atoms with van der Waals surface area (Å²) in [4.78, 5) is 0. The number of aliphatic hydroxyl groups excluding tert-OH is 2. The summed E-state index contributed by atoms with van der Waals surface area (Å²) in [6.07, 6.45) is -0.609. The van der Waals surface area contributed by atoms with Crippen molar-refractivity contribution in [2.24, 2.45) is 0 Å². The number of thioether (sulfide) groups is 1. The van der Waals surface area contributed by atoms with Crippen LogP contribution in [0.4, 0.5) is 0 Å². The molecule has 1 atom stereocenters. The minimum absolute atomic E-state index is 0.164. The summed E-state index contributed by atoms with van der Waals surface area (Å²) < 4.78 is 1.09. The number of halogens is 1. The van der Waals surface area contributed by atoms with Gasteiger partial charge in [0.25, 0.3) is 0 Å². The summed E-state index contributed by atoms with van der Waals surface area (Å²) in [6.45, 7) is -0.164. The van der Waals surface area contributed by atoms with Gasteiger partial charge < -0.3 is 10.2 Å². The van der Waals surface area contributed by atoms with Crippen LogP contribution in [0.25, 0.3) is 0 Å². The molecule has 1 unspecified atom stereocenters. The van der Waals surface area contributed by atoms with Crippen molar-refractivity contribution in [3.8, 4) is 0 Å². The third kappa shape index (κ3) is 4.00. The highest BCUT2D eigenvalue weighted by Crippen LogP contribution is 2.21. The number of benzene rings is 1. The lowest BCUT2D eigenvalue weighted by Crippen LogP contribution is -2.14. The summed E-state index contributed by atoms with van der Waals surface area (Å²) in [5, 5.41) is 17.7. The lowest BCUT2D eigenvalue weighted by atomic mass is 10.2. The molecule has 0 aliphatic rings. The average molecular weight is 277 g/mol. The molecule has 2 N–H and O–H groups in total. The first-order valence-corrected chi connectivity index (χ1v) is 6.29. The molecule has 14 heavy (non-hydrogen) atoms. The molecule has 1 aromatic carbocycles. The van der Waals surface area contributed by atoms with Crippen molar-refractivity contribution in [3.05, 3.63) is 34.3 Å². The van der Waals surface area contributed by atoms with Crippen LogP contribution in [0, 0.1) is 0 Å². The molecule has 0 saturated carbocycles. The van der Waals surface area contributed by atoms with E-state index in [9.17, 15) is 0 Å². The normalized spacial score (nSPS) is 12.8. The predicted molar refractivity (Wildman–Crippen MR) is 63.4 cm³/mol. The molecule has 0 amide bonds. The molecule has 0 saturated heterocycles. The van der Waals surface area contributed by atoms with Gasteiger partial charge in [0.15, 0.2) is 0 Å². The lowest BCUT2D eigenvalue weighted by Gasteiger charge is -2.07. The van der Waals surface area contributed by atoms with Crippen LogP contribution in [-0.4, -0.2) is 28.7 Å². The molecule has 0 aromatic heterocycles. The Balaban J connectivity index is 2.35. The second-order valence-corrected chi connectivity index (χ2v) is 4.83. The molecule has 2 nitrogen and oxygen atoms in total. The summed E-state index contributed by atoms with van der Waals surface area (Å²) in [7, 11) is 0. The van der Waals surface area contributed by atoms with Crippen molar-refractivity contribution in [2.75, 3.05) is 12.4 Å². The minimum Gasteiger partial charge on any atom is -0.394 e. The zero-order valence-corrected chi connectivity index (χ0v) is 10.1. The molecule has 0 bridgehead atoms. The van der Waals surface area contributed by atoms with Crippen LogP contribution in [0.3, 0.4) is 0 Å². The second kappa shape index (κ2) is 6.45. The van der Waals surface area contributed by atoms with Gasteiger partial charge in [-0.1, -0.05) is 34.1 Å². The van der Waals surface area contributed by atoms with E-state index in [4.69, 9.17) is 10.2 Å². The molecule has 0 fully saturated rings. The number of hydrogen-bond donors (Lipinski definition) is 2. The van der Waals surface area contributed by atoms with Crippen LogP contribution in [0.15, 0.2) is 28.7 Å². The van der Waals surface area contributed by atoms with Gasteiger partial charge in [-0.05, 0) is 11.6 Å². The largest absolute Gasteiger partial charge is 0.394 e. The van der Waals surface area contributed by atoms with E-state index in [2.05, 4.69) is 15.9 Å².